The number of halogens is 1. The topological polar surface area (TPSA) is 82.2 Å². The van der Waals surface area contributed by atoms with E-state index >= 15 is 0 Å². The molecule has 1 N–H and O–H groups in total. The van der Waals surface area contributed by atoms with E-state index in [4.69, 9.17) is 9.15 Å². The van der Waals surface area contributed by atoms with Gasteiger partial charge in [-0.3, -0.25) is 9.36 Å². The van der Waals surface area contributed by atoms with Crippen molar-refractivity contribution in [3.63, 3.8) is 0 Å². The minimum atomic E-state index is -0.112. The van der Waals surface area contributed by atoms with Gasteiger partial charge in [-0.15, -0.1) is 10.2 Å². The summed E-state index contributed by atoms with van der Waals surface area (Å²) in [6.07, 6.45) is 0.915. The van der Waals surface area contributed by atoms with Crippen LogP contribution in [0.1, 0.15) is 13.3 Å². The Kier molecular flexibility index (Phi) is 6.57. The van der Waals surface area contributed by atoms with Gasteiger partial charge in [0.15, 0.2) is 15.6 Å². The lowest BCUT2D eigenvalue weighted by atomic mass is 10.3. The van der Waals surface area contributed by atoms with E-state index in [2.05, 4.69) is 38.4 Å². The van der Waals surface area contributed by atoms with Crippen molar-refractivity contribution in [1.82, 2.24) is 14.8 Å². The Morgan fingerprint density at radius 3 is 2.67 bits per heavy atom. The largest absolute Gasteiger partial charge is 0.497 e. The second kappa shape index (κ2) is 9.09. The Balaban J connectivity index is 1.66. The number of ether oxygens (including phenoxy) is 1. The van der Waals surface area contributed by atoms with Crippen LogP contribution in [-0.4, -0.2) is 33.5 Å². The molecule has 2 aromatic heterocycles. The molecule has 0 bridgehead atoms. The fraction of sp³-hybridized carbons (Fsp3) is 0.278. The number of rotatable bonds is 8. The minimum Gasteiger partial charge on any atom is -0.497 e. The number of furan rings is 1. The molecular formula is C18H19BrN4O3S. The third kappa shape index (κ3) is 4.92. The van der Waals surface area contributed by atoms with E-state index in [0.29, 0.717) is 21.4 Å². The Hall–Kier alpha value is -2.26. The van der Waals surface area contributed by atoms with Crippen molar-refractivity contribution in [2.24, 2.45) is 0 Å². The molecule has 0 fully saturated rings. The summed E-state index contributed by atoms with van der Waals surface area (Å²) in [6.45, 7) is 2.82. The maximum absolute atomic E-state index is 12.2. The quantitative estimate of drug-likeness (QED) is 0.510. The van der Waals surface area contributed by atoms with E-state index in [9.17, 15) is 4.79 Å². The van der Waals surface area contributed by atoms with Crippen LogP contribution in [-0.2, 0) is 11.3 Å². The predicted octanol–water partition coefficient (Wildman–Crippen LogP) is 4.45. The molecule has 27 heavy (non-hydrogen) atoms. The number of carbonyl (C=O) groups is 1. The molecule has 0 atom stereocenters. The van der Waals surface area contributed by atoms with Crippen molar-refractivity contribution in [3.05, 3.63) is 41.1 Å². The second-order valence-electron chi connectivity index (χ2n) is 5.63. The molecule has 0 saturated heterocycles. The van der Waals surface area contributed by atoms with Gasteiger partial charge in [-0.2, -0.15) is 0 Å². The monoisotopic (exact) mass is 450 g/mol. The summed E-state index contributed by atoms with van der Waals surface area (Å²) in [5, 5.41) is 12.0. The van der Waals surface area contributed by atoms with Crippen LogP contribution < -0.4 is 10.1 Å². The van der Waals surface area contributed by atoms with E-state index in [1.54, 1.807) is 31.4 Å². The fourth-order valence-electron chi connectivity index (χ4n) is 2.44. The Morgan fingerprint density at radius 1 is 1.26 bits per heavy atom. The number of carbonyl (C=O) groups excluding carboxylic acids is 1. The second-order valence-corrected chi connectivity index (χ2v) is 7.35. The number of hydrogen-bond donors (Lipinski definition) is 1. The van der Waals surface area contributed by atoms with Gasteiger partial charge in [0.2, 0.25) is 11.7 Å². The summed E-state index contributed by atoms with van der Waals surface area (Å²) in [5.41, 5.74) is 0.720. The standard InChI is InChI=1S/C18H19BrN4O3S/c1-3-10-23-17(14-8-9-15(19)26-14)21-22-18(23)27-11-16(24)20-12-4-6-13(25-2)7-5-12/h4-9H,3,10-11H2,1-2H3,(H,20,24). The van der Waals surface area contributed by atoms with Crippen LogP contribution in [0.4, 0.5) is 5.69 Å². The highest BCUT2D eigenvalue weighted by molar-refractivity contribution is 9.10. The number of hydrogen-bond acceptors (Lipinski definition) is 6. The van der Waals surface area contributed by atoms with E-state index in [-0.39, 0.29) is 11.7 Å². The minimum absolute atomic E-state index is 0.112. The summed E-state index contributed by atoms with van der Waals surface area (Å²) in [4.78, 5) is 12.2. The van der Waals surface area contributed by atoms with E-state index < -0.39 is 0 Å². The van der Waals surface area contributed by atoms with Gasteiger partial charge >= 0.3 is 0 Å². The zero-order chi connectivity index (χ0) is 19.2. The van der Waals surface area contributed by atoms with Crippen LogP contribution in [0.15, 0.2) is 50.6 Å². The predicted molar refractivity (Wildman–Crippen MR) is 108 cm³/mol. The van der Waals surface area contributed by atoms with Crippen LogP contribution in [0.5, 0.6) is 5.75 Å². The number of nitrogens with one attached hydrogen (secondary N) is 1. The lowest BCUT2D eigenvalue weighted by Crippen LogP contribution is -2.14. The van der Waals surface area contributed by atoms with Gasteiger partial charge in [0.05, 0.1) is 12.9 Å². The number of aromatic nitrogens is 3. The van der Waals surface area contributed by atoms with Crippen molar-refractivity contribution in [3.8, 4) is 17.3 Å². The first-order valence-corrected chi connectivity index (χ1v) is 10.1. The zero-order valence-electron chi connectivity index (χ0n) is 14.9. The van der Waals surface area contributed by atoms with Gasteiger partial charge in [-0.25, -0.2) is 0 Å². The van der Waals surface area contributed by atoms with Crippen LogP contribution in [0.2, 0.25) is 0 Å². The van der Waals surface area contributed by atoms with Gasteiger partial charge in [-0.05, 0) is 58.7 Å². The number of anilines is 1. The van der Waals surface area contributed by atoms with Crippen LogP contribution >= 0.6 is 27.7 Å². The molecule has 1 aromatic carbocycles. The van der Waals surface area contributed by atoms with Gasteiger partial charge in [0.1, 0.15) is 5.75 Å². The van der Waals surface area contributed by atoms with Crippen LogP contribution in [0.25, 0.3) is 11.6 Å². The van der Waals surface area contributed by atoms with E-state index in [1.165, 1.54) is 11.8 Å². The van der Waals surface area contributed by atoms with Gasteiger partial charge in [-0.1, -0.05) is 18.7 Å². The number of amides is 1. The molecule has 0 aliphatic heterocycles. The average Bonchev–Trinajstić information content (AvgIpc) is 3.27. The molecule has 9 heteroatoms. The van der Waals surface area contributed by atoms with Crippen molar-refractivity contribution in [1.29, 1.82) is 0 Å². The molecule has 0 spiro atoms. The Bertz CT molecular complexity index is 908. The summed E-state index contributed by atoms with van der Waals surface area (Å²) in [5.74, 6) is 2.15. The van der Waals surface area contributed by atoms with Gasteiger partial charge in [0, 0.05) is 12.2 Å². The first kappa shape index (κ1) is 19.5. The molecular weight excluding hydrogens is 432 g/mol. The molecule has 3 rings (SSSR count). The SMILES string of the molecule is CCCn1c(SCC(=O)Nc2ccc(OC)cc2)nnc1-c1ccc(Br)o1. The zero-order valence-corrected chi connectivity index (χ0v) is 17.3. The molecule has 1 amide bonds. The van der Waals surface area contributed by atoms with Crippen molar-refractivity contribution < 1.29 is 13.9 Å². The van der Waals surface area contributed by atoms with Crippen LogP contribution in [0, 0.1) is 0 Å². The Labute approximate surface area is 169 Å². The number of benzene rings is 1. The van der Waals surface area contributed by atoms with Gasteiger partial charge in [0.25, 0.3) is 0 Å². The summed E-state index contributed by atoms with van der Waals surface area (Å²) < 4.78 is 13.3. The highest BCUT2D eigenvalue weighted by atomic mass is 79.9. The Morgan fingerprint density at radius 2 is 2.04 bits per heavy atom. The number of methoxy groups -OCH3 is 1. The van der Waals surface area contributed by atoms with Crippen molar-refractivity contribution in [2.45, 2.75) is 25.0 Å². The number of nitrogens with zero attached hydrogens (tertiary/aromatic N) is 3. The molecule has 0 radical (unpaired) electrons. The molecule has 142 valence electrons. The molecule has 0 aliphatic carbocycles. The van der Waals surface area contributed by atoms with Gasteiger partial charge < -0.3 is 14.5 Å². The number of thioether (sulfide) groups is 1. The maximum Gasteiger partial charge on any atom is 0.234 e. The lowest BCUT2D eigenvalue weighted by molar-refractivity contribution is -0.113. The molecule has 3 aromatic rings. The van der Waals surface area contributed by atoms with E-state index in [0.717, 1.165) is 24.4 Å². The highest BCUT2D eigenvalue weighted by Crippen LogP contribution is 2.27. The van der Waals surface area contributed by atoms with Crippen LogP contribution in [0.3, 0.4) is 0 Å². The average molecular weight is 451 g/mol. The smallest absolute Gasteiger partial charge is 0.234 e. The third-order valence-electron chi connectivity index (χ3n) is 3.66. The molecule has 2 heterocycles. The molecule has 0 unspecified atom stereocenters. The normalized spacial score (nSPS) is 10.8. The highest BCUT2D eigenvalue weighted by Gasteiger charge is 2.17. The first-order chi connectivity index (χ1) is 13.1. The summed E-state index contributed by atoms with van der Waals surface area (Å²) in [7, 11) is 1.60. The first-order valence-electron chi connectivity index (χ1n) is 8.36. The van der Waals surface area contributed by atoms with E-state index in [1.807, 2.05) is 16.7 Å². The summed E-state index contributed by atoms with van der Waals surface area (Å²) in [6, 6.07) is 10.9. The third-order valence-corrected chi connectivity index (χ3v) is 5.06. The van der Waals surface area contributed by atoms with Crippen molar-refractivity contribution >= 4 is 39.3 Å². The lowest BCUT2D eigenvalue weighted by Gasteiger charge is -2.08. The fourth-order valence-corrected chi connectivity index (χ4v) is 3.51. The summed E-state index contributed by atoms with van der Waals surface area (Å²) >= 11 is 4.64. The maximum atomic E-state index is 12.2. The molecule has 0 saturated carbocycles. The molecule has 0 aliphatic rings. The molecule has 7 nitrogen and oxygen atoms in total. The van der Waals surface area contributed by atoms with Crippen molar-refractivity contribution in [2.75, 3.05) is 18.2 Å².